The first-order chi connectivity index (χ1) is 18.1. The quantitative estimate of drug-likeness (QED) is 0.430. The molecule has 2 aromatic heterocycles. The van der Waals surface area contributed by atoms with Crippen LogP contribution in [0.25, 0.3) is 32.9 Å². The molecule has 0 unspecified atom stereocenters. The van der Waals surface area contributed by atoms with Gasteiger partial charge in [-0.1, -0.05) is 24.3 Å². The Kier molecular flexibility index (Phi) is 5.55. The van der Waals surface area contributed by atoms with Crippen LogP contribution in [0.15, 0.2) is 42.6 Å². The zero-order valence-electron chi connectivity index (χ0n) is 20.4. The molecule has 0 aliphatic carbocycles. The number of rotatable bonds is 4. The van der Waals surface area contributed by atoms with Crippen molar-refractivity contribution in [3.63, 3.8) is 0 Å². The Morgan fingerprint density at radius 3 is 2.59 bits per heavy atom. The molecule has 9 heteroatoms. The predicted molar refractivity (Wildman–Crippen MR) is 139 cm³/mol. The second-order valence-electron chi connectivity index (χ2n) is 10.2. The fourth-order valence-electron chi connectivity index (χ4n) is 5.91. The maximum absolute atomic E-state index is 16.3. The summed E-state index contributed by atoms with van der Waals surface area (Å²) in [5.41, 5.74) is 0.833. The molecule has 8 nitrogen and oxygen atoms in total. The fraction of sp³-hybridized carbons (Fsp3) is 0.393. The molecule has 0 radical (unpaired) electrons. The summed E-state index contributed by atoms with van der Waals surface area (Å²) >= 11 is 0. The van der Waals surface area contributed by atoms with Gasteiger partial charge in [-0.2, -0.15) is 9.97 Å². The second-order valence-corrected chi connectivity index (χ2v) is 10.2. The summed E-state index contributed by atoms with van der Waals surface area (Å²) in [6.45, 7) is 2.83. The van der Waals surface area contributed by atoms with Crippen LogP contribution in [0.3, 0.4) is 0 Å². The highest BCUT2D eigenvalue weighted by Crippen LogP contribution is 2.37. The van der Waals surface area contributed by atoms with Gasteiger partial charge in [-0.25, -0.2) is 4.39 Å². The van der Waals surface area contributed by atoms with E-state index in [1.807, 2.05) is 24.3 Å². The fourth-order valence-corrected chi connectivity index (χ4v) is 5.91. The van der Waals surface area contributed by atoms with Gasteiger partial charge in [0.2, 0.25) is 0 Å². The second kappa shape index (κ2) is 9.08. The highest BCUT2D eigenvalue weighted by atomic mass is 19.1. The number of fused-ring (bicyclic) bond motifs is 4. The molecule has 0 saturated carbocycles. The summed E-state index contributed by atoms with van der Waals surface area (Å²) in [6, 6.07) is 11.7. The molecule has 7 rings (SSSR count). The third-order valence-electron chi connectivity index (χ3n) is 7.70. The van der Waals surface area contributed by atoms with Crippen LogP contribution in [0.4, 0.5) is 10.2 Å². The van der Waals surface area contributed by atoms with Crippen LogP contribution in [0.1, 0.15) is 25.7 Å². The largest absolute Gasteiger partial charge is 0.508 e. The van der Waals surface area contributed by atoms with E-state index in [0.29, 0.717) is 42.1 Å². The highest BCUT2D eigenvalue weighted by Gasteiger charge is 2.34. The molecule has 0 amide bonds. The van der Waals surface area contributed by atoms with Crippen molar-refractivity contribution in [1.82, 2.24) is 20.3 Å². The molecule has 37 heavy (non-hydrogen) atoms. The highest BCUT2D eigenvalue weighted by molar-refractivity contribution is 5.99. The van der Waals surface area contributed by atoms with Crippen molar-refractivity contribution in [2.75, 3.05) is 31.2 Å². The molecular formula is C28H28FN5O3. The Morgan fingerprint density at radius 2 is 1.78 bits per heavy atom. The summed E-state index contributed by atoms with van der Waals surface area (Å²) in [4.78, 5) is 16.1. The summed E-state index contributed by atoms with van der Waals surface area (Å²) in [5, 5.41) is 16.2. The molecule has 3 aliphatic heterocycles. The number of anilines is 1. The van der Waals surface area contributed by atoms with Crippen molar-refractivity contribution in [3.8, 4) is 23.0 Å². The van der Waals surface area contributed by atoms with Gasteiger partial charge < -0.3 is 24.8 Å². The molecular weight excluding hydrogens is 473 g/mol. The van der Waals surface area contributed by atoms with Crippen molar-refractivity contribution in [2.24, 2.45) is 0 Å². The summed E-state index contributed by atoms with van der Waals surface area (Å²) in [6.07, 6.45) is 5.32. The normalized spacial score (nSPS) is 22.1. The molecule has 3 aliphatic rings. The monoisotopic (exact) mass is 501 g/mol. The van der Waals surface area contributed by atoms with E-state index in [1.165, 1.54) is 0 Å². The lowest BCUT2D eigenvalue weighted by Crippen LogP contribution is -2.51. The average Bonchev–Trinajstić information content (AvgIpc) is 3.26. The van der Waals surface area contributed by atoms with Crippen LogP contribution < -0.4 is 15.0 Å². The molecule has 5 heterocycles. The maximum atomic E-state index is 16.3. The van der Waals surface area contributed by atoms with Gasteiger partial charge in [0.15, 0.2) is 5.82 Å². The maximum Gasteiger partial charge on any atom is 0.319 e. The first-order valence-corrected chi connectivity index (χ1v) is 13.0. The van der Waals surface area contributed by atoms with Gasteiger partial charge in [0, 0.05) is 49.8 Å². The molecule has 3 saturated heterocycles. The lowest BCUT2D eigenvalue weighted by atomic mass is 10.00. The lowest BCUT2D eigenvalue weighted by Gasteiger charge is -2.34. The molecule has 2 bridgehead atoms. The van der Waals surface area contributed by atoms with Gasteiger partial charge in [-0.15, -0.1) is 0 Å². The van der Waals surface area contributed by atoms with E-state index in [9.17, 15) is 5.11 Å². The number of halogens is 1. The van der Waals surface area contributed by atoms with Crippen molar-refractivity contribution in [2.45, 2.75) is 43.9 Å². The molecule has 2 N–H and O–H groups in total. The third-order valence-corrected chi connectivity index (χ3v) is 7.70. The minimum atomic E-state index is -0.549. The number of nitrogens with one attached hydrogen (secondary N) is 1. The number of phenols is 1. The molecule has 190 valence electrons. The lowest BCUT2D eigenvalue weighted by molar-refractivity contribution is 0.0219. The zero-order valence-corrected chi connectivity index (χ0v) is 20.4. The smallest absolute Gasteiger partial charge is 0.319 e. The molecule has 2 aromatic carbocycles. The van der Waals surface area contributed by atoms with Crippen LogP contribution in [-0.2, 0) is 4.74 Å². The summed E-state index contributed by atoms with van der Waals surface area (Å²) < 4.78 is 28.0. The first-order valence-electron chi connectivity index (χ1n) is 13.0. The van der Waals surface area contributed by atoms with E-state index < -0.39 is 5.82 Å². The predicted octanol–water partition coefficient (Wildman–Crippen LogP) is 4.19. The Hall–Kier alpha value is -3.56. The number of ether oxygens (including phenoxy) is 2. The van der Waals surface area contributed by atoms with Gasteiger partial charge in [0.25, 0.3) is 0 Å². The zero-order chi connectivity index (χ0) is 24.9. The van der Waals surface area contributed by atoms with Crippen molar-refractivity contribution < 1.29 is 19.0 Å². The minimum Gasteiger partial charge on any atom is -0.508 e. The number of benzene rings is 2. The number of aromatic hydroxyl groups is 1. The summed E-state index contributed by atoms with van der Waals surface area (Å²) in [5.74, 6) is 0.161. The molecule has 3 fully saturated rings. The topological polar surface area (TPSA) is 92.6 Å². The van der Waals surface area contributed by atoms with Crippen LogP contribution in [-0.4, -0.2) is 64.5 Å². The van der Waals surface area contributed by atoms with Gasteiger partial charge in [-0.3, -0.25) is 4.98 Å². The number of phenolic OH excluding ortho intramolecular Hbond substituents is 1. The number of piperazine rings is 1. The average molecular weight is 502 g/mol. The summed E-state index contributed by atoms with van der Waals surface area (Å²) in [7, 11) is 0. The number of aromatic nitrogens is 3. The molecule has 0 spiro atoms. The third kappa shape index (κ3) is 4.12. The van der Waals surface area contributed by atoms with Crippen LogP contribution in [0, 0.1) is 5.82 Å². The Balaban J connectivity index is 1.39. The van der Waals surface area contributed by atoms with Gasteiger partial charge >= 0.3 is 6.01 Å². The number of pyridine rings is 1. The van der Waals surface area contributed by atoms with Crippen molar-refractivity contribution in [3.05, 3.63) is 48.4 Å². The SMILES string of the molecule is Oc1cc(-c2ncc3c(N4C[C@H]5CC[C@@H](C4)N5)nc(OC4CCOCC4)nc3c2F)c2ccccc2c1. The van der Waals surface area contributed by atoms with E-state index in [4.69, 9.17) is 14.5 Å². The number of hydrogen-bond acceptors (Lipinski definition) is 8. The standard InChI is InChI=1S/C28H28FN5O3/c29-24-25(22-12-19(35)11-16-3-1-2-4-21(16)22)30-13-23-26(24)32-28(37-20-7-9-36-10-8-20)33-27(23)34-14-17-5-6-18(15-34)31-17/h1-4,11-13,17-18,20,31,35H,5-10,14-15H2/t17-,18+. The Morgan fingerprint density at radius 1 is 1.00 bits per heavy atom. The van der Waals surface area contributed by atoms with Gasteiger partial charge in [0.1, 0.15) is 28.9 Å². The van der Waals surface area contributed by atoms with E-state index in [-0.39, 0.29) is 29.1 Å². The van der Waals surface area contributed by atoms with Crippen LogP contribution >= 0.6 is 0 Å². The van der Waals surface area contributed by atoms with Crippen molar-refractivity contribution >= 4 is 27.5 Å². The first kappa shape index (κ1) is 22.6. The Bertz CT molecular complexity index is 1480. The van der Waals surface area contributed by atoms with Crippen LogP contribution in [0.2, 0.25) is 0 Å². The minimum absolute atomic E-state index is 0.0539. The molecule has 2 atom stereocenters. The van der Waals surface area contributed by atoms with Crippen LogP contribution in [0.5, 0.6) is 11.8 Å². The van der Waals surface area contributed by atoms with E-state index in [2.05, 4.69) is 20.2 Å². The van der Waals surface area contributed by atoms with E-state index >= 15 is 4.39 Å². The van der Waals surface area contributed by atoms with E-state index in [1.54, 1.807) is 18.3 Å². The Labute approximate surface area is 213 Å². The van der Waals surface area contributed by atoms with Gasteiger partial charge in [-0.05, 0) is 35.7 Å². The molecule has 4 aromatic rings. The number of hydrogen-bond donors (Lipinski definition) is 2. The number of nitrogens with zero attached hydrogens (tertiary/aromatic N) is 4. The van der Waals surface area contributed by atoms with E-state index in [0.717, 1.165) is 49.5 Å². The van der Waals surface area contributed by atoms with Crippen molar-refractivity contribution in [1.29, 1.82) is 0 Å². The van der Waals surface area contributed by atoms with Gasteiger partial charge in [0.05, 0.1) is 18.6 Å².